The molecule has 0 spiro atoms. The summed E-state index contributed by atoms with van der Waals surface area (Å²) in [6.45, 7) is 1.29. The van der Waals surface area contributed by atoms with Gasteiger partial charge in [-0.25, -0.2) is 0 Å². The first-order valence-corrected chi connectivity index (χ1v) is 11.6. The molecule has 0 bridgehead atoms. The molecule has 39 heavy (non-hydrogen) atoms. The number of aromatic nitrogens is 1. The van der Waals surface area contributed by atoms with Crippen molar-refractivity contribution in [3.63, 3.8) is 0 Å². The molecule has 0 amide bonds. The Hall–Kier alpha value is -5.59. The number of nitro groups is 3. The summed E-state index contributed by atoms with van der Waals surface area (Å²) in [5.74, 6) is 0. The van der Waals surface area contributed by atoms with E-state index in [1.54, 1.807) is 48.8 Å². The number of nitrogens with zero attached hydrogens (tertiary/aromatic N) is 7. The van der Waals surface area contributed by atoms with Crippen LogP contribution in [0.2, 0.25) is 0 Å². The number of non-ortho nitro benzene ring substituents is 3. The molecule has 13 heteroatoms. The highest BCUT2D eigenvalue weighted by Crippen LogP contribution is 2.29. The van der Waals surface area contributed by atoms with E-state index in [9.17, 15) is 30.3 Å². The van der Waals surface area contributed by atoms with E-state index in [0.717, 1.165) is 17.1 Å². The Balaban J connectivity index is 0.000000519. The SMILES string of the molecule is O=[N+]([O-])c1ccc(N2CN(c3ccc([N+](=O)[O-])cc3)CN(c3ccc([N+](=O)[O-])cc3)C2)cc1.c1ccncc1. The van der Waals surface area contributed by atoms with Crippen LogP contribution in [-0.2, 0) is 0 Å². The van der Waals surface area contributed by atoms with Gasteiger partial charge in [-0.3, -0.25) is 35.3 Å². The third kappa shape index (κ3) is 6.80. The largest absolute Gasteiger partial charge is 0.336 e. The lowest BCUT2D eigenvalue weighted by Gasteiger charge is -2.45. The quantitative estimate of drug-likeness (QED) is 0.241. The zero-order valence-corrected chi connectivity index (χ0v) is 20.5. The second kappa shape index (κ2) is 12.1. The fourth-order valence-electron chi connectivity index (χ4n) is 3.91. The van der Waals surface area contributed by atoms with Crippen molar-refractivity contribution >= 4 is 34.1 Å². The first-order chi connectivity index (χ1) is 18.8. The van der Waals surface area contributed by atoms with E-state index in [0.29, 0.717) is 20.0 Å². The highest BCUT2D eigenvalue weighted by atomic mass is 16.6. The lowest BCUT2D eigenvalue weighted by molar-refractivity contribution is -0.385. The van der Waals surface area contributed by atoms with Crippen LogP contribution in [0.4, 0.5) is 34.1 Å². The molecule has 0 saturated carbocycles. The molecule has 1 aliphatic rings. The van der Waals surface area contributed by atoms with Crippen molar-refractivity contribution in [1.29, 1.82) is 0 Å². The van der Waals surface area contributed by atoms with Crippen LogP contribution in [-0.4, -0.2) is 39.8 Å². The Kier molecular flexibility index (Phi) is 8.21. The van der Waals surface area contributed by atoms with Crippen molar-refractivity contribution in [2.75, 3.05) is 34.7 Å². The van der Waals surface area contributed by atoms with Gasteiger partial charge in [0.25, 0.3) is 17.1 Å². The van der Waals surface area contributed by atoms with Gasteiger partial charge in [0.15, 0.2) is 0 Å². The van der Waals surface area contributed by atoms with Crippen molar-refractivity contribution in [3.05, 3.63) is 134 Å². The summed E-state index contributed by atoms with van der Waals surface area (Å²) in [6, 6.07) is 24.2. The highest BCUT2D eigenvalue weighted by Gasteiger charge is 2.25. The molecule has 0 aliphatic carbocycles. The smallest absolute Gasteiger partial charge is 0.269 e. The standard InChI is InChI=1S/C21H18N6O6.C5H5N/c28-25(29)19-7-1-16(2-8-19)22-13-23(17-3-9-20(10-4-17)26(30)31)15-24(14-22)18-5-11-21(12-6-18)27(32)33;1-2-4-6-5-3-1/h1-12H,13-15H2;1-5H. The summed E-state index contributed by atoms with van der Waals surface area (Å²) in [5, 5.41) is 33.0. The molecule has 1 saturated heterocycles. The lowest BCUT2D eigenvalue weighted by atomic mass is 10.2. The Morgan fingerprint density at radius 2 is 0.769 bits per heavy atom. The second-order valence-electron chi connectivity index (χ2n) is 8.39. The Morgan fingerprint density at radius 3 is 0.949 bits per heavy atom. The molecule has 13 nitrogen and oxygen atoms in total. The maximum Gasteiger partial charge on any atom is 0.269 e. The molecule has 1 aliphatic heterocycles. The van der Waals surface area contributed by atoms with Gasteiger partial charge in [-0.05, 0) is 48.5 Å². The summed E-state index contributed by atoms with van der Waals surface area (Å²) >= 11 is 0. The normalized spacial score (nSPS) is 12.8. The fourth-order valence-corrected chi connectivity index (χ4v) is 3.91. The minimum Gasteiger partial charge on any atom is -0.336 e. The molecular formula is C26H23N7O6. The number of pyridine rings is 1. The average molecular weight is 530 g/mol. The monoisotopic (exact) mass is 529 g/mol. The topological polar surface area (TPSA) is 152 Å². The van der Waals surface area contributed by atoms with Crippen molar-refractivity contribution in [3.8, 4) is 0 Å². The molecule has 198 valence electrons. The van der Waals surface area contributed by atoms with Gasteiger partial charge < -0.3 is 14.7 Å². The van der Waals surface area contributed by atoms with Gasteiger partial charge in [0, 0.05) is 65.9 Å². The van der Waals surface area contributed by atoms with Crippen molar-refractivity contribution < 1.29 is 14.8 Å². The van der Waals surface area contributed by atoms with E-state index < -0.39 is 14.8 Å². The summed E-state index contributed by atoms with van der Waals surface area (Å²) in [7, 11) is 0. The zero-order valence-electron chi connectivity index (χ0n) is 20.5. The number of hydrogen-bond acceptors (Lipinski definition) is 10. The van der Waals surface area contributed by atoms with Crippen molar-refractivity contribution in [2.24, 2.45) is 0 Å². The summed E-state index contributed by atoms with van der Waals surface area (Å²) in [4.78, 5) is 41.3. The number of rotatable bonds is 6. The Morgan fingerprint density at radius 1 is 0.487 bits per heavy atom. The van der Waals surface area contributed by atoms with Gasteiger partial charge in [-0.1, -0.05) is 6.07 Å². The van der Waals surface area contributed by atoms with Crippen LogP contribution in [0.25, 0.3) is 0 Å². The molecule has 0 radical (unpaired) electrons. The van der Waals surface area contributed by atoms with Crippen LogP contribution in [0.3, 0.4) is 0 Å². The van der Waals surface area contributed by atoms with Gasteiger partial charge in [0.05, 0.1) is 34.8 Å². The fraction of sp³-hybridized carbons (Fsp3) is 0.115. The minimum atomic E-state index is -0.466. The molecule has 0 unspecified atom stereocenters. The van der Waals surface area contributed by atoms with Crippen molar-refractivity contribution in [1.82, 2.24) is 4.98 Å². The van der Waals surface area contributed by atoms with Crippen LogP contribution in [0.1, 0.15) is 0 Å². The van der Waals surface area contributed by atoms with Crippen LogP contribution >= 0.6 is 0 Å². The maximum atomic E-state index is 11.0. The average Bonchev–Trinajstić information content (AvgIpc) is 2.98. The zero-order chi connectivity index (χ0) is 27.8. The first kappa shape index (κ1) is 26.5. The van der Waals surface area contributed by atoms with E-state index in [1.807, 2.05) is 32.9 Å². The number of anilines is 3. The van der Waals surface area contributed by atoms with E-state index in [-0.39, 0.29) is 17.1 Å². The number of nitro benzene ring substituents is 3. The van der Waals surface area contributed by atoms with Crippen molar-refractivity contribution in [2.45, 2.75) is 0 Å². The molecule has 4 aromatic rings. The minimum absolute atomic E-state index is 0.0183. The van der Waals surface area contributed by atoms with Crippen LogP contribution in [0.15, 0.2) is 103 Å². The van der Waals surface area contributed by atoms with Crippen LogP contribution in [0, 0.1) is 30.3 Å². The predicted molar refractivity (Wildman–Crippen MR) is 146 cm³/mol. The molecule has 0 N–H and O–H groups in total. The molecule has 1 fully saturated rings. The molecule has 1 aromatic heterocycles. The number of hydrogen-bond donors (Lipinski definition) is 0. The molecule has 5 rings (SSSR count). The lowest BCUT2D eigenvalue weighted by Crippen LogP contribution is -2.55. The van der Waals surface area contributed by atoms with Gasteiger partial charge >= 0.3 is 0 Å². The molecule has 2 heterocycles. The third-order valence-electron chi connectivity index (χ3n) is 5.87. The third-order valence-corrected chi connectivity index (χ3v) is 5.87. The van der Waals surface area contributed by atoms with Crippen LogP contribution < -0.4 is 14.7 Å². The number of benzene rings is 3. The molecule has 3 aromatic carbocycles. The predicted octanol–water partition coefficient (Wildman–Crippen LogP) is 5.20. The Bertz CT molecular complexity index is 1230. The maximum absolute atomic E-state index is 11.0. The van der Waals surface area contributed by atoms with Gasteiger partial charge in [-0.15, -0.1) is 0 Å². The van der Waals surface area contributed by atoms with Gasteiger partial charge in [0.1, 0.15) is 0 Å². The second-order valence-corrected chi connectivity index (χ2v) is 8.39. The van der Waals surface area contributed by atoms with E-state index in [4.69, 9.17) is 0 Å². The van der Waals surface area contributed by atoms with E-state index in [1.165, 1.54) is 36.4 Å². The summed E-state index contributed by atoms with van der Waals surface area (Å²) in [6.07, 6.45) is 3.50. The van der Waals surface area contributed by atoms with Crippen LogP contribution in [0.5, 0.6) is 0 Å². The molecular weight excluding hydrogens is 506 g/mol. The van der Waals surface area contributed by atoms with E-state index >= 15 is 0 Å². The van der Waals surface area contributed by atoms with E-state index in [2.05, 4.69) is 4.98 Å². The van der Waals surface area contributed by atoms with Gasteiger partial charge in [0.2, 0.25) is 0 Å². The highest BCUT2D eigenvalue weighted by molar-refractivity contribution is 5.61. The summed E-state index contributed by atoms with van der Waals surface area (Å²) in [5.41, 5.74) is 2.19. The molecule has 0 atom stereocenters. The first-order valence-electron chi connectivity index (χ1n) is 11.6. The van der Waals surface area contributed by atoms with Gasteiger partial charge in [-0.2, -0.15) is 0 Å². The Labute approximate surface area is 222 Å². The summed E-state index contributed by atoms with van der Waals surface area (Å²) < 4.78 is 0.